The van der Waals surface area contributed by atoms with Gasteiger partial charge in [-0.25, -0.2) is 0 Å². The van der Waals surface area contributed by atoms with E-state index in [1.54, 1.807) is 18.2 Å². The average Bonchev–Trinajstić information content (AvgIpc) is 2.69. The van der Waals surface area contributed by atoms with E-state index in [9.17, 15) is 4.79 Å². The molecule has 0 bridgehead atoms. The minimum Gasteiger partial charge on any atom is -0.349 e. The first-order valence-corrected chi connectivity index (χ1v) is 10.1. The Balaban J connectivity index is 2.24. The fourth-order valence-corrected chi connectivity index (χ4v) is 3.97. The van der Waals surface area contributed by atoms with Crippen LogP contribution < -0.4 is 11.1 Å². The topological polar surface area (TPSA) is 79.0 Å². The van der Waals surface area contributed by atoms with E-state index < -0.39 is 0 Å². The number of rotatable bonds is 6. The third-order valence-electron chi connectivity index (χ3n) is 3.61. The summed E-state index contributed by atoms with van der Waals surface area (Å²) in [6.07, 6.45) is 10.5. The van der Waals surface area contributed by atoms with Gasteiger partial charge in [-0.1, -0.05) is 54.2 Å². The van der Waals surface area contributed by atoms with Crippen LogP contribution in [0.1, 0.15) is 12.0 Å². The third-order valence-corrected chi connectivity index (χ3v) is 5.80. The van der Waals surface area contributed by atoms with Crippen molar-refractivity contribution in [1.82, 2.24) is 5.32 Å². The van der Waals surface area contributed by atoms with Gasteiger partial charge in [0.1, 0.15) is 0 Å². The molecule has 0 spiro atoms. The molecule has 1 aromatic carbocycles. The highest BCUT2D eigenvalue weighted by Gasteiger charge is 2.16. The maximum atomic E-state index is 12.3. The summed E-state index contributed by atoms with van der Waals surface area (Å²) in [5, 5.41) is 11.3. The van der Waals surface area contributed by atoms with Crippen LogP contribution in [-0.4, -0.2) is 30.5 Å². The second-order valence-corrected chi connectivity index (χ2v) is 7.71. The molecule has 6 heteroatoms. The van der Waals surface area contributed by atoms with E-state index in [2.05, 4.69) is 17.4 Å². The standard InChI is InChI=1S/C19H23N3OS2/c1-24-19-13-18(23)22-15(12-14-6-3-2-4-7-14)9-10-17(25-19)16(21)8-5-11-20/h2-8,10,13,15,21H,9,11-12,20H2,1H3,(H,22,23)/b8-5-,17-10+,19-13+,21-16?. The molecule has 1 unspecified atom stereocenters. The molecule has 1 atom stereocenters. The number of benzene rings is 1. The molecular formula is C19H23N3OS2. The van der Waals surface area contributed by atoms with Crippen molar-refractivity contribution in [2.24, 2.45) is 5.73 Å². The lowest BCUT2D eigenvalue weighted by Gasteiger charge is -2.16. The van der Waals surface area contributed by atoms with E-state index in [4.69, 9.17) is 11.1 Å². The van der Waals surface area contributed by atoms with Gasteiger partial charge in [0, 0.05) is 23.6 Å². The molecule has 132 valence electrons. The minimum absolute atomic E-state index is 0.00533. The molecule has 2 rings (SSSR count). The normalized spacial score (nSPS) is 22.8. The Bertz CT molecular complexity index is 696. The summed E-state index contributed by atoms with van der Waals surface area (Å²) in [7, 11) is 0. The maximum absolute atomic E-state index is 12.3. The molecule has 1 aliphatic rings. The molecule has 1 heterocycles. The van der Waals surface area contributed by atoms with Crippen LogP contribution in [0.15, 0.2) is 63.8 Å². The van der Waals surface area contributed by atoms with Crippen molar-refractivity contribution in [1.29, 1.82) is 5.41 Å². The molecule has 4 N–H and O–H groups in total. The Morgan fingerprint density at radius 3 is 2.88 bits per heavy atom. The first-order chi connectivity index (χ1) is 12.1. The Hall–Kier alpha value is -1.76. The molecule has 0 aromatic heterocycles. The van der Waals surface area contributed by atoms with Crippen LogP contribution in [0.5, 0.6) is 0 Å². The SMILES string of the molecule is CS/C1=C\C(=O)NC(Cc2ccccc2)C/C=C(\C(=N)/C=C\CN)S1. The van der Waals surface area contributed by atoms with Gasteiger partial charge in [0.15, 0.2) is 0 Å². The highest BCUT2D eigenvalue weighted by molar-refractivity contribution is 8.24. The lowest BCUT2D eigenvalue weighted by Crippen LogP contribution is -2.35. The summed E-state index contributed by atoms with van der Waals surface area (Å²) >= 11 is 2.97. The van der Waals surface area contributed by atoms with Gasteiger partial charge >= 0.3 is 0 Å². The van der Waals surface area contributed by atoms with Gasteiger partial charge in [-0.05, 0) is 30.7 Å². The summed E-state index contributed by atoms with van der Waals surface area (Å²) in [6, 6.07) is 10.1. The fraction of sp³-hybridized carbons (Fsp3) is 0.263. The number of nitrogens with two attached hydrogens (primary N) is 1. The minimum atomic E-state index is -0.0866. The van der Waals surface area contributed by atoms with Crippen LogP contribution in [0.3, 0.4) is 0 Å². The highest BCUT2D eigenvalue weighted by Crippen LogP contribution is 2.34. The molecule has 25 heavy (non-hydrogen) atoms. The number of nitrogens with one attached hydrogen (secondary N) is 2. The monoisotopic (exact) mass is 373 g/mol. The van der Waals surface area contributed by atoms with E-state index in [0.29, 0.717) is 18.7 Å². The molecule has 0 saturated carbocycles. The summed E-state index contributed by atoms with van der Waals surface area (Å²) < 4.78 is 0.870. The first-order valence-electron chi connectivity index (χ1n) is 8.06. The fourth-order valence-electron chi connectivity index (χ4n) is 2.40. The molecule has 4 nitrogen and oxygen atoms in total. The Morgan fingerprint density at radius 1 is 1.44 bits per heavy atom. The number of amides is 1. The molecule has 0 saturated heterocycles. The zero-order valence-electron chi connectivity index (χ0n) is 14.2. The summed E-state index contributed by atoms with van der Waals surface area (Å²) in [5.74, 6) is -0.0866. The predicted molar refractivity (Wildman–Crippen MR) is 110 cm³/mol. The number of hydrogen-bond acceptors (Lipinski definition) is 5. The van der Waals surface area contributed by atoms with Crippen LogP contribution in [0, 0.1) is 5.41 Å². The van der Waals surface area contributed by atoms with Crippen LogP contribution in [0.25, 0.3) is 0 Å². The Morgan fingerprint density at radius 2 is 2.20 bits per heavy atom. The smallest absolute Gasteiger partial charge is 0.245 e. The van der Waals surface area contributed by atoms with Crippen molar-refractivity contribution < 1.29 is 4.79 Å². The lowest BCUT2D eigenvalue weighted by atomic mass is 10.0. The van der Waals surface area contributed by atoms with E-state index in [-0.39, 0.29) is 11.9 Å². The predicted octanol–water partition coefficient (Wildman–Crippen LogP) is 3.47. The maximum Gasteiger partial charge on any atom is 0.245 e. The van der Waals surface area contributed by atoms with Gasteiger partial charge in [-0.15, -0.1) is 11.8 Å². The quantitative estimate of drug-likeness (QED) is 0.667. The number of thioether (sulfide) groups is 2. The molecular weight excluding hydrogens is 350 g/mol. The second-order valence-electron chi connectivity index (χ2n) is 5.52. The lowest BCUT2D eigenvalue weighted by molar-refractivity contribution is -0.117. The van der Waals surface area contributed by atoms with Crippen molar-refractivity contribution in [3.8, 4) is 0 Å². The number of carbonyl (C=O) groups excluding carboxylic acids is 1. The first kappa shape index (κ1) is 19.6. The number of allylic oxidation sites excluding steroid dienone is 2. The Kier molecular flexibility index (Phi) is 8.04. The van der Waals surface area contributed by atoms with Gasteiger partial charge in [-0.3, -0.25) is 10.2 Å². The molecule has 0 aliphatic carbocycles. The highest BCUT2D eigenvalue weighted by atomic mass is 32.2. The second kappa shape index (κ2) is 10.3. The van der Waals surface area contributed by atoms with Crippen molar-refractivity contribution in [3.63, 3.8) is 0 Å². The molecule has 1 aliphatic heterocycles. The van der Waals surface area contributed by atoms with Crippen LogP contribution in [0.2, 0.25) is 0 Å². The van der Waals surface area contributed by atoms with Crippen molar-refractivity contribution in [3.05, 3.63) is 69.3 Å². The van der Waals surface area contributed by atoms with Gasteiger partial charge in [0.05, 0.1) is 9.95 Å². The third kappa shape index (κ3) is 6.57. The average molecular weight is 374 g/mol. The van der Waals surface area contributed by atoms with Crippen molar-refractivity contribution >= 4 is 35.1 Å². The number of hydrogen-bond donors (Lipinski definition) is 3. The van der Waals surface area contributed by atoms with Crippen molar-refractivity contribution in [2.75, 3.05) is 12.8 Å². The number of carbonyl (C=O) groups is 1. The Labute approximate surface area is 157 Å². The molecule has 0 radical (unpaired) electrons. The summed E-state index contributed by atoms with van der Waals surface area (Å²) in [6.45, 7) is 0.405. The molecule has 1 amide bonds. The van der Waals surface area contributed by atoms with Crippen molar-refractivity contribution in [2.45, 2.75) is 18.9 Å². The largest absolute Gasteiger partial charge is 0.349 e. The van der Waals surface area contributed by atoms with E-state index in [1.165, 1.54) is 29.1 Å². The zero-order chi connectivity index (χ0) is 18.1. The summed E-state index contributed by atoms with van der Waals surface area (Å²) in [4.78, 5) is 13.1. The van der Waals surface area contributed by atoms with Gasteiger partial charge < -0.3 is 11.1 Å². The van der Waals surface area contributed by atoms with E-state index in [1.807, 2.05) is 30.5 Å². The van der Waals surface area contributed by atoms with Crippen LogP contribution >= 0.6 is 23.5 Å². The van der Waals surface area contributed by atoms with Crippen LogP contribution in [0.4, 0.5) is 0 Å². The molecule has 0 fully saturated rings. The van der Waals surface area contributed by atoms with E-state index in [0.717, 1.165) is 15.6 Å². The van der Waals surface area contributed by atoms with Gasteiger partial charge in [-0.2, -0.15) is 0 Å². The zero-order valence-corrected chi connectivity index (χ0v) is 15.8. The summed E-state index contributed by atoms with van der Waals surface area (Å²) in [5.41, 5.74) is 7.09. The van der Waals surface area contributed by atoms with E-state index >= 15 is 0 Å². The van der Waals surface area contributed by atoms with Crippen LogP contribution in [-0.2, 0) is 11.2 Å². The van der Waals surface area contributed by atoms with Gasteiger partial charge in [0.2, 0.25) is 5.91 Å². The van der Waals surface area contributed by atoms with Gasteiger partial charge in [0.25, 0.3) is 0 Å². The molecule has 1 aromatic rings.